The lowest BCUT2D eigenvalue weighted by Gasteiger charge is -2.11. The van der Waals surface area contributed by atoms with Gasteiger partial charge in [0.1, 0.15) is 0 Å². The molecule has 0 aromatic heterocycles. The molecule has 21 heavy (non-hydrogen) atoms. The number of hydrogen-bond acceptors (Lipinski definition) is 3. The minimum atomic E-state index is -3.17. The first kappa shape index (κ1) is 19.9. The molecule has 0 bridgehead atoms. The van der Waals surface area contributed by atoms with Gasteiger partial charge in [-0.2, -0.15) is 0 Å². The van der Waals surface area contributed by atoms with Crippen LogP contribution in [0.2, 0.25) is 0 Å². The number of halogens is 1. The topological polar surface area (TPSA) is 70.6 Å². The van der Waals surface area contributed by atoms with Gasteiger partial charge in [-0.25, -0.2) is 8.42 Å². The Morgan fingerprint density at radius 2 is 2.05 bits per heavy atom. The maximum absolute atomic E-state index is 11.5. The van der Waals surface area contributed by atoms with Crippen LogP contribution in [-0.2, 0) is 16.4 Å². The van der Waals surface area contributed by atoms with Crippen molar-refractivity contribution < 1.29 is 8.42 Å². The number of guanidine groups is 1. The van der Waals surface area contributed by atoms with Gasteiger partial charge in [0.15, 0.2) is 15.8 Å². The highest BCUT2D eigenvalue weighted by Gasteiger charge is 2.10. The van der Waals surface area contributed by atoms with Crippen LogP contribution in [0.1, 0.15) is 11.1 Å². The third-order valence-corrected chi connectivity index (χ3v) is 3.99. The maximum Gasteiger partial charge on any atom is 0.191 e. The Kier molecular flexibility index (Phi) is 8.57. The number of hydrogen-bond donors (Lipinski definition) is 2. The highest BCUT2D eigenvalue weighted by molar-refractivity contribution is 14.0. The fourth-order valence-corrected chi connectivity index (χ4v) is 2.77. The lowest BCUT2D eigenvalue weighted by atomic mass is 10.1. The summed E-state index contributed by atoms with van der Waals surface area (Å²) in [5.41, 5.74) is 1.75. The molecule has 7 heteroatoms. The van der Waals surface area contributed by atoms with Gasteiger partial charge in [0.05, 0.1) is 4.90 Å². The summed E-state index contributed by atoms with van der Waals surface area (Å²) >= 11 is 0. The van der Waals surface area contributed by atoms with Crippen LogP contribution in [-0.4, -0.2) is 34.2 Å². The van der Waals surface area contributed by atoms with Crippen LogP contribution < -0.4 is 10.6 Å². The zero-order chi connectivity index (χ0) is 15.2. The van der Waals surface area contributed by atoms with Gasteiger partial charge in [-0.15, -0.1) is 30.6 Å². The molecule has 0 amide bonds. The van der Waals surface area contributed by atoms with Gasteiger partial charge in [0.2, 0.25) is 0 Å². The number of sulfone groups is 1. The molecular formula is C14H22IN3O2S. The summed E-state index contributed by atoms with van der Waals surface area (Å²) in [5, 5.41) is 6.21. The Morgan fingerprint density at radius 1 is 1.38 bits per heavy atom. The molecule has 0 aliphatic heterocycles. The van der Waals surface area contributed by atoms with Gasteiger partial charge in [0.25, 0.3) is 0 Å². The minimum Gasteiger partial charge on any atom is -0.353 e. The molecule has 0 saturated carbocycles. The monoisotopic (exact) mass is 423 g/mol. The number of aliphatic imine (C=N–C) groups is 1. The number of rotatable bonds is 5. The van der Waals surface area contributed by atoms with Crippen molar-refractivity contribution in [3.63, 3.8) is 0 Å². The van der Waals surface area contributed by atoms with Gasteiger partial charge in [-0.3, -0.25) is 4.99 Å². The van der Waals surface area contributed by atoms with E-state index in [-0.39, 0.29) is 24.0 Å². The predicted molar refractivity (Wildman–Crippen MR) is 98.1 cm³/mol. The molecule has 118 valence electrons. The molecule has 0 radical (unpaired) electrons. The van der Waals surface area contributed by atoms with Gasteiger partial charge in [-0.1, -0.05) is 18.2 Å². The smallest absolute Gasteiger partial charge is 0.191 e. The summed E-state index contributed by atoms with van der Waals surface area (Å²) in [6.07, 6.45) is 2.96. The van der Waals surface area contributed by atoms with Crippen molar-refractivity contribution in [3.8, 4) is 0 Å². The highest BCUT2D eigenvalue weighted by Crippen LogP contribution is 2.16. The molecule has 1 aromatic rings. The van der Waals surface area contributed by atoms with Crippen LogP contribution in [0.4, 0.5) is 0 Å². The number of nitrogens with one attached hydrogen (secondary N) is 2. The van der Waals surface area contributed by atoms with E-state index in [0.29, 0.717) is 23.9 Å². The van der Waals surface area contributed by atoms with E-state index in [9.17, 15) is 8.42 Å². The second-order valence-electron chi connectivity index (χ2n) is 4.47. The van der Waals surface area contributed by atoms with Crippen molar-refractivity contribution in [2.45, 2.75) is 18.4 Å². The highest BCUT2D eigenvalue weighted by atomic mass is 127. The summed E-state index contributed by atoms with van der Waals surface area (Å²) in [5.74, 6) is 0.676. The molecule has 1 aromatic carbocycles. The molecule has 0 unspecified atom stereocenters. The SMILES string of the molecule is C=CCNC(=NC)NCc1ccc(S(C)(=O)=O)c(C)c1.I. The van der Waals surface area contributed by atoms with Gasteiger partial charge in [-0.05, 0) is 24.1 Å². The van der Waals surface area contributed by atoms with Crippen LogP contribution >= 0.6 is 24.0 Å². The zero-order valence-corrected chi connectivity index (χ0v) is 15.7. The Bertz CT molecular complexity index is 613. The van der Waals surface area contributed by atoms with E-state index in [4.69, 9.17) is 0 Å². The van der Waals surface area contributed by atoms with Crippen LogP contribution in [0.3, 0.4) is 0 Å². The largest absolute Gasteiger partial charge is 0.353 e. The third kappa shape index (κ3) is 6.47. The van der Waals surface area contributed by atoms with Crippen LogP contribution in [0, 0.1) is 6.92 Å². The van der Waals surface area contributed by atoms with Crippen molar-refractivity contribution in [1.82, 2.24) is 10.6 Å². The van der Waals surface area contributed by atoms with Crippen molar-refractivity contribution in [3.05, 3.63) is 42.0 Å². The number of nitrogens with zero attached hydrogens (tertiary/aromatic N) is 1. The summed E-state index contributed by atoms with van der Waals surface area (Å²) in [7, 11) is -1.47. The Hall–Kier alpha value is -1.09. The Balaban J connectivity index is 0.00000400. The van der Waals surface area contributed by atoms with E-state index in [1.165, 1.54) is 6.26 Å². The average Bonchev–Trinajstić information content (AvgIpc) is 2.37. The molecule has 2 N–H and O–H groups in total. The van der Waals surface area contributed by atoms with E-state index in [1.54, 1.807) is 32.2 Å². The molecular weight excluding hydrogens is 401 g/mol. The van der Waals surface area contributed by atoms with E-state index >= 15 is 0 Å². The fourth-order valence-electron chi connectivity index (χ4n) is 1.81. The second-order valence-corrected chi connectivity index (χ2v) is 6.45. The van der Waals surface area contributed by atoms with Crippen molar-refractivity contribution >= 4 is 39.8 Å². The van der Waals surface area contributed by atoms with Crippen molar-refractivity contribution in [1.29, 1.82) is 0 Å². The standard InChI is InChI=1S/C14H21N3O2S.HI/c1-5-8-16-14(15-3)17-10-12-6-7-13(11(2)9-12)20(4,18)19;/h5-7,9H,1,8,10H2,2-4H3,(H2,15,16,17);1H. The molecule has 0 aliphatic rings. The van der Waals surface area contributed by atoms with Crippen LogP contribution in [0.25, 0.3) is 0 Å². The third-order valence-electron chi connectivity index (χ3n) is 2.74. The van der Waals surface area contributed by atoms with Gasteiger partial charge < -0.3 is 10.6 Å². The second kappa shape index (κ2) is 9.04. The Morgan fingerprint density at radius 3 is 2.52 bits per heavy atom. The molecule has 5 nitrogen and oxygen atoms in total. The van der Waals surface area contributed by atoms with Crippen molar-refractivity contribution in [2.24, 2.45) is 4.99 Å². The molecule has 0 fully saturated rings. The minimum absolute atomic E-state index is 0. The number of aryl methyl sites for hydroxylation is 1. The van der Waals surface area contributed by atoms with E-state index in [2.05, 4.69) is 22.2 Å². The van der Waals surface area contributed by atoms with Crippen LogP contribution in [0.5, 0.6) is 0 Å². The van der Waals surface area contributed by atoms with E-state index in [0.717, 1.165) is 11.1 Å². The first-order valence-corrected chi connectivity index (χ1v) is 8.12. The molecule has 0 heterocycles. The summed E-state index contributed by atoms with van der Waals surface area (Å²) in [4.78, 5) is 4.44. The van der Waals surface area contributed by atoms with E-state index in [1.807, 2.05) is 6.07 Å². The van der Waals surface area contributed by atoms with Gasteiger partial charge in [0, 0.05) is 26.4 Å². The summed E-state index contributed by atoms with van der Waals surface area (Å²) < 4.78 is 23.1. The summed E-state index contributed by atoms with van der Waals surface area (Å²) in [6, 6.07) is 5.31. The first-order valence-electron chi connectivity index (χ1n) is 6.23. The predicted octanol–water partition coefficient (Wildman–Crippen LogP) is 1.87. The van der Waals surface area contributed by atoms with Gasteiger partial charge >= 0.3 is 0 Å². The lowest BCUT2D eigenvalue weighted by Crippen LogP contribution is -2.36. The lowest BCUT2D eigenvalue weighted by molar-refractivity contribution is 0.601. The fraction of sp³-hybridized carbons (Fsp3) is 0.357. The zero-order valence-electron chi connectivity index (χ0n) is 12.5. The van der Waals surface area contributed by atoms with E-state index < -0.39 is 9.84 Å². The molecule has 1 rings (SSSR count). The first-order chi connectivity index (χ1) is 9.38. The quantitative estimate of drug-likeness (QED) is 0.328. The van der Waals surface area contributed by atoms with Crippen molar-refractivity contribution in [2.75, 3.05) is 19.8 Å². The maximum atomic E-state index is 11.5. The molecule has 0 saturated heterocycles. The molecule has 0 spiro atoms. The molecule has 0 atom stereocenters. The van der Waals surface area contributed by atoms with Crippen LogP contribution in [0.15, 0.2) is 40.7 Å². The number of benzene rings is 1. The normalized spacial score (nSPS) is 11.5. The molecule has 0 aliphatic carbocycles. The Labute approximate surface area is 143 Å². The average molecular weight is 423 g/mol. The summed E-state index contributed by atoms with van der Waals surface area (Å²) in [6.45, 7) is 6.63.